The molecule has 1 saturated heterocycles. The second-order valence-corrected chi connectivity index (χ2v) is 7.63. The monoisotopic (exact) mass is 344 g/mol. The molecule has 25 heavy (non-hydrogen) atoms. The number of aliphatic hydroxyl groups is 1. The van der Waals surface area contributed by atoms with Gasteiger partial charge in [0.1, 0.15) is 0 Å². The number of hydrogen-bond acceptors (Lipinski definition) is 3. The Morgan fingerprint density at radius 2 is 1.88 bits per heavy atom. The van der Waals surface area contributed by atoms with Crippen molar-refractivity contribution in [2.24, 2.45) is 5.41 Å². The number of piperidine rings is 1. The average Bonchev–Trinajstić information content (AvgIpc) is 2.63. The second kappa shape index (κ2) is 7.56. The highest BCUT2D eigenvalue weighted by Gasteiger charge is 2.38. The molecule has 5 heteroatoms. The number of nitrogens with one attached hydrogen (secondary N) is 1. The normalized spacial score (nSPS) is 20.5. The summed E-state index contributed by atoms with van der Waals surface area (Å²) >= 11 is 0. The Balaban J connectivity index is 1.59. The van der Waals surface area contributed by atoms with Crippen LogP contribution in [0.15, 0.2) is 24.3 Å². The topological polar surface area (TPSA) is 69.6 Å². The van der Waals surface area contributed by atoms with Gasteiger partial charge in [-0.15, -0.1) is 0 Å². The molecule has 0 bridgehead atoms. The lowest BCUT2D eigenvalue weighted by atomic mass is 9.67. The molecule has 1 spiro atoms. The van der Waals surface area contributed by atoms with Gasteiger partial charge in [-0.2, -0.15) is 0 Å². The maximum Gasteiger partial charge on any atom is 0.253 e. The number of likely N-dealkylation sites (tertiary alicyclic amines) is 1. The van der Waals surface area contributed by atoms with E-state index in [4.69, 9.17) is 0 Å². The van der Waals surface area contributed by atoms with Crippen LogP contribution in [-0.4, -0.2) is 41.0 Å². The molecular formula is C20H28N2O3. The predicted molar refractivity (Wildman–Crippen MR) is 96.0 cm³/mol. The van der Waals surface area contributed by atoms with Crippen molar-refractivity contribution in [3.63, 3.8) is 0 Å². The van der Waals surface area contributed by atoms with Crippen LogP contribution in [0.4, 0.5) is 0 Å². The Kier molecular flexibility index (Phi) is 5.42. The molecule has 5 nitrogen and oxygen atoms in total. The van der Waals surface area contributed by atoms with E-state index in [1.54, 1.807) is 0 Å². The van der Waals surface area contributed by atoms with Crippen molar-refractivity contribution in [3.05, 3.63) is 35.4 Å². The third-order valence-electron chi connectivity index (χ3n) is 5.84. The number of aliphatic hydroxyl groups excluding tert-OH is 1. The number of hydrogen-bond donors (Lipinski definition) is 2. The molecule has 3 rings (SSSR count). The maximum absolute atomic E-state index is 12.8. The molecule has 1 aromatic rings. The second-order valence-electron chi connectivity index (χ2n) is 7.63. The van der Waals surface area contributed by atoms with Crippen LogP contribution in [0.2, 0.25) is 0 Å². The van der Waals surface area contributed by atoms with Crippen molar-refractivity contribution in [3.8, 4) is 0 Å². The Bertz CT molecular complexity index is 626. The molecule has 1 saturated carbocycles. The molecule has 0 atom stereocenters. The van der Waals surface area contributed by atoms with Crippen LogP contribution < -0.4 is 5.32 Å². The molecule has 2 amide bonds. The van der Waals surface area contributed by atoms with E-state index in [2.05, 4.69) is 5.32 Å². The zero-order valence-corrected chi connectivity index (χ0v) is 15.0. The molecule has 1 aliphatic heterocycles. The lowest BCUT2D eigenvalue weighted by molar-refractivity contribution is -0.119. The van der Waals surface area contributed by atoms with Crippen LogP contribution >= 0.6 is 0 Å². The van der Waals surface area contributed by atoms with Crippen LogP contribution in [0.1, 0.15) is 61.4 Å². The number of benzene rings is 1. The summed E-state index contributed by atoms with van der Waals surface area (Å²) in [5.41, 5.74) is 1.97. The zero-order chi connectivity index (χ0) is 17.9. The molecule has 2 aliphatic rings. The largest absolute Gasteiger partial charge is 0.393 e. The Labute approximate surface area is 149 Å². The van der Waals surface area contributed by atoms with Gasteiger partial charge in [0.25, 0.3) is 5.91 Å². The fourth-order valence-electron chi connectivity index (χ4n) is 4.12. The Morgan fingerprint density at radius 1 is 1.20 bits per heavy atom. The van der Waals surface area contributed by atoms with Gasteiger partial charge in [0.15, 0.2) is 0 Å². The Morgan fingerprint density at radius 3 is 2.52 bits per heavy atom. The first-order chi connectivity index (χ1) is 12.0. The lowest BCUT2D eigenvalue weighted by Crippen LogP contribution is -2.45. The van der Waals surface area contributed by atoms with E-state index in [-0.39, 0.29) is 17.9 Å². The molecular weight excluding hydrogens is 316 g/mol. The van der Waals surface area contributed by atoms with E-state index in [0.717, 1.165) is 57.2 Å². The summed E-state index contributed by atoms with van der Waals surface area (Å²) in [5, 5.41) is 12.5. The number of rotatable bonds is 3. The first-order valence-corrected chi connectivity index (χ1v) is 9.28. The fraction of sp³-hybridized carbons (Fsp3) is 0.600. The minimum absolute atomic E-state index is 0.0735. The number of nitrogens with zero attached hydrogens (tertiary/aromatic N) is 1. The highest BCUT2D eigenvalue weighted by Crippen LogP contribution is 2.44. The molecule has 1 heterocycles. The van der Waals surface area contributed by atoms with Gasteiger partial charge >= 0.3 is 0 Å². The summed E-state index contributed by atoms with van der Waals surface area (Å²) in [7, 11) is 0. The van der Waals surface area contributed by atoms with E-state index < -0.39 is 0 Å². The third kappa shape index (κ3) is 4.40. The molecule has 136 valence electrons. The summed E-state index contributed by atoms with van der Waals surface area (Å²) in [4.78, 5) is 25.8. The highest BCUT2D eigenvalue weighted by molar-refractivity contribution is 5.94. The molecule has 1 aliphatic carbocycles. The van der Waals surface area contributed by atoms with E-state index in [1.807, 2.05) is 29.2 Å². The maximum atomic E-state index is 12.8. The highest BCUT2D eigenvalue weighted by atomic mass is 16.3. The van der Waals surface area contributed by atoms with Gasteiger partial charge in [0.2, 0.25) is 5.91 Å². The quantitative estimate of drug-likeness (QED) is 0.885. The number of amides is 2. The minimum atomic E-state index is -0.128. The number of carbonyl (C=O) groups excluding carboxylic acids is 2. The van der Waals surface area contributed by atoms with Gasteiger partial charge < -0.3 is 15.3 Å². The van der Waals surface area contributed by atoms with Crippen molar-refractivity contribution < 1.29 is 14.7 Å². The summed E-state index contributed by atoms with van der Waals surface area (Å²) < 4.78 is 0. The van der Waals surface area contributed by atoms with E-state index in [0.29, 0.717) is 17.5 Å². The van der Waals surface area contributed by atoms with Crippen LogP contribution in [0.25, 0.3) is 0 Å². The zero-order valence-electron chi connectivity index (χ0n) is 15.0. The van der Waals surface area contributed by atoms with Gasteiger partial charge in [-0.3, -0.25) is 9.59 Å². The van der Waals surface area contributed by atoms with Crippen molar-refractivity contribution in [2.45, 2.75) is 58.1 Å². The third-order valence-corrected chi connectivity index (χ3v) is 5.84. The van der Waals surface area contributed by atoms with Gasteiger partial charge in [-0.1, -0.05) is 12.1 Å². The summed E-state index contributed by atoms with van der Waals surface area (Å²) in [6.45, 7) is 3.53. The standard InChI is InChI=1S/C20H28N2O3/c1-15(23)21-14-16-3-2-4-17(13-16)19(25)22-11-9-20(10-12-22)7-5-18(24)6-8-20/h2-4,13,18,24H,5-12,14H2,1H3,(H,21,23). The Hall–Kier alpha value is -1.88. The van der Waals surface area contributed by atoms with Gasteiger partial charge in [-0.25, -0.2) is 0 Å². The average molecular weight is 344 g/mol. The van der Waals surface area contributed by atoms with Gasteiger partial charge in [-0.05, 0) is 61.6 Å². The molecule has 0 aromatic heterocycles. The van der Waals surface area contributed by atoms with Crippen LogP contribution in [0, 0.1) is 5.41 Å². The summed E-state index contributed by atoms with van der Waals surface area (Å²) in [6, 6.07) is 7.52. The summed E-state index contributed by atoms with van der Waals surface area (Å²) in [6.07, 6.45) is 5.92. The van der Waals surface area contributed by atoms with Crippen molar-refractivity contribution in [2.75, 3.05) is 13.1 Å². The molecule has 0 radical (unpaired) electrons. The van der Waals surface area contributed by atoms with Gasteiger partial charge in [0.05, 0.1) is 6.10 Å². The predicted octanol–water partition coefficient (Wildman–Crippen LogP) is 2.48. The van der Waals surface area contributed by atoms with E-state index in [9.17, 15) is 14.7 Å². The molecule has 0 unspecified atom stereocenters. The minimum Gasteiger partial charge on any atom is -0.393 e. The SMILES string of the molecule is CC(=O)NCc1cccc(C(=O)N2CCC3(CCC(O)CC3)CC2)c1. The van der Waals surface area contributed by atoms with Gasteiger partial charge in [0, 0.05) is 32.1 Å². The van der Waals surface area contributed by atoms with Crippen LogP contribution in [0.3, 0.4) is 0 Å². The lowest BCUT2D eigenvalue weighted by Gasteiger charge is -2.45. The smallest absolute Gasteiger partial charge is 0.253 e. The molecule has 2 N–H and O–H groups in total. The fourth-order valence-corrected chi connectivity index (χ4v) is 4.12. The molecule has 1 aromatic carbocycles. The first-order valence-electron chi connectivity index (χ1n) is 9.28. The van der Waals surface area contributed by atoms with E-state index >= 15 is 0 Å². The molecule has 2 fully saturated rings. The summed E-state index contributed by atoms with van der Waals surface area (Å²) in [5.74, 6) is 0.00558. The van der Waals surface area contributed by atoms with Crippen LogP contribution in [-0.2, 0) is 11.3 Å². The van der Waals surface area contributed by atoms with E-state index in [1.165, 1.54) is 6.92 Å². The van der Waals surface area contributed by atoms with Crippen molar-refractivity contribution >= 4 is 11.8 Å². The first kappa shape index (κ1) is 17.9. The van der Waals surface area contributed by atoms with Crippen LogP contribution in [0.5, 0.6) is 0 Å². The number of carbonyl (C=O) groups is 2. The van der Waals surface area contributed by atoms with Crippen molar-refractivity contribution in [1.82, 2.24) is 10.2 Å². The van der Waals surface area contributed by atoms with Crippen molar-refractivity contribution in [1.29, 1.82) is 0 Å².